The fraction of sp³-hybridized carbons (Fsp3) is 0.417. The molecule has 0 N–H and O–H groups in total. The molecule has 1 nitrogen and oxygen atoms in total. The highest BCUT2D eigenvalue weighted by Crippen LogP contribution is 2.25. The average molecular weight is 175 g/mol. The third-order valence-electron chi connectivity index (χ3n) is 2.10. The Labute approximate surface area is 80.5 Å². The largest absolute Gasteiger partial charge is 0.261 e. The van der Waals surface area contributed by atoms with Gasteiger partial charge in [-0.3, -0.25) is 4.99 Å². The average Bonchev–Trinajstić information content (AvgIpc) is 2.67. The summed E-state index contributed by atoms with van der Waals surface area (Å²) >= 11 is 0. The van der Waals surface area contributed by atoms with Gasteiger partial charge in [0.05, 0.1) is 5.69 Å². The van der Waals surface area contributed by atoms with Crippen LogP contribution in [0.4, 0.5) is 5.69 Å². The van der Waals surface area contributed by atoms with Crippen LogP contribution in [-0.4, -0.2) is 6.21 Å². The lowest BCUT2D eigenvalue weighted by atomic mass is 10.1. The summed E-state index contributed by atoms with van der Waals surface area (Å²) in [6.45, 7) is 6.17. The number of aryl methyl sites for hydroxylation is 1. The first-order chi connectivity index (χ1) is 6.40. The molecule has 1 aromatic carbocycles. The molecule has 0 saturated heterocycles. The van der Waals surface area contributed by atoms with Gasteiger partial charge in [0.25, 0.3) is 0 Å². The van der Waals surface area contributed by atoms with Crippen molar-refractivity contribution in [3.8, 4) is 0 Å². The molecule has 2 rings (SSSR count). The SMILES string of the molecule is CC.CCc1ccc2c(c1)N=CC2. The van der Waals surface area contributed by atoms with Crippen LogP contribution >= 0.6 is 0 Å². The van der Waals surface area contributed by atoms with E-state index < -0.39 is 0 Å². The minimum Gasteiger partial charge on any atom is -0.261 e. The van der Waals surface area contributed by atoms with Gasteiger partial charge >= 0.3 is 0 Å². The van der Waals surface area contributed by atoms with E-state index in [-0.39, 0.29) is 0 Å². The third-order valence-corrected chi connectivity index (χ3v) is 2.10. The summed E-state index contributed by atoms with van der Waals surface area (Å²) in [6, 6.07) is 6.55. The fourth-order valence-corrected chi connectivity index (χ4v) is 1.36. The summed E-state index contributed by atoms with van der Waals surface area (Å²) in [6.07, 6.45) is 4.09. The van der Waals surface area contributed by atoms with Crippen LogP contribution in [0.1, 0.15) is 31.9 Å². The van der Waals surface area contributed by atoms with Crippen LogP contribution in [0.5, 0.6) is 0 Å². The minimum absolute atomic E-state index is 1.01. The number of rotatable bonds is 1. The second-order valence-corrected chi connectivity index (χ2v) is 2.83. The molecule has 0 fully saturated rings. The lowest BCUT2D eigenvalue weighted by Crippen LogP contribution is -1.82. The number of hydrogen-bond acceptors (Lipinski definition) is 1. The molecule has 0 spiro atoms. The smallest absolute Gasteiger partial charge is 0.0664 e. The number of benzene rings is 1. The third kappa shape index (κ3) is 2.18. The van der Waals surface area contributed by atoms with Crippen molar-refractivity contribution in [2.24, 2.45) is 4.99 Å². The predicted molar refractivity (Wildman–Crippen MR) is 59.0 cm³/mol. The van der Waals surface area contributed by atoms with E-state index in [4.69, 9.17) is 0 Å². The molecule has 0 aromatic heterocycles. The van der Waals surface area contributed by atoms with E-state index in [1.807, 2.05) is 20.1 Å². The molecule has 0 amide bonds. The number of nitrogens with zero attached hydrogens (tertiary/aromatic N) is 1. The molecule has 1 heteroatoms. The molecule has 1 heterocycles. The van der Waals surface area contributed by atoms with E-state index >= 15 is 0 Å². The highest BCUT2D eigenvalue weighted by Gasteiger charge is 2.05. The van der Waals surface area contributed by atoms with E-state index in [1.54, 1.807) is 0 Å². The Balaban J connectivity index is 0.000000396. The lowest BCUT2D eigenvalue weighted by molar-refractivity contribution is 1.13. The van der Waals surface area contributed by atoms with Gasteiger partial charge in [-0.1, -0.05) is 32.9 Å². The summed E-state index contributed by atoms with van der Waals surface area (Å²) in [5, 5.41) is 0. The highest BCUT2D eigenvalue weighted by molar-refractivity contribution is 5.75. The zero-order valence-electron chi connectivity index (χ0n) is 8.67. The van der Waals surface area contributed by atoms with Crippen molar-refractivity contribution in [2.75, 3.05) is 0 Å². The van der Waals surface area contributed by atoms with Gasteiger partial charge in [-0.25, -0.2) is 0 Å². The van der Waals surface area contributed by atoms with Crippen molar-refractivity contribution in [2.45, 2.75) is 33.6 Å². The van der Waals surface area contributed by atoms with Crippen molar-refractivity contribution >= 4 is 11.9 Å². The van der Waals surface area contributed by atoms with Crippen molar-refractivity contribution in [1.29, 1.82) is 0 Å². The van der Waals surface area contributed by atoms with Gasteiger partial charge in [0, 0.05) is 12.6 Å². The first-order valence-electron chi connectivity index (χ1n) is 5.04. The molecule has 0 aliphatic carbocycles. The first kappa shape index (κ1) is 9.97. The van der Waals surface area contributed by atoms with E-state index in [2.05, 4.69) is 30.1 Å². The second kappa shape index (κ2) is 4.80. The molecule has 1 aliphatic rings. The number of aliphatic imine (C=N–C) groups is 1. The first-order valence-corrected chi connectivity index (χ1v) is 5.04. The number of fused-ring (bicyclic) bond motifs is 1. The van der Waals surface area contributed by atoms with Crippen molar-refractivity contribution in [3.05, 3.63) is 29.3 Å². The van der Waals surface area contributed by atoms with E-state index in [0.29, 0.717) is 0 Å². The maximum atomic E-state index is 4.28. The predicted octanol–water partition coefficient (Wildman–Crippen LogP) is 3.53. The van der Waals surface area contributed by atoms with Crippen molar-refractivity contribution in [1.82, 2.24) is 0 Å². The molecular weight excluding hydrogens is 158 g/mol. The maximum Gasteiger partial charge on any atom is 0.0664 e. The summed E-state index contributed by atoms with van der Waals surface area (Å²) in [4.78, 5) is 4.28. The summed E-state index contributed by atoms with van der Waals surface area (Å²) < 4.78 is 0. The Hall–Kier alpha value is -1.11. The molecule has 1 aromatic rings. The summed E-state index contributed by atoms with van der Waals surface area (Å²) in [5.74, 6) is 0. The van der Waals surface area contributed by atoms with Crippen molar-refractivity contribution in [3.63, 3.8) is 0 Å². The molecule has 0 atom stereocenters. The Morgan fingerprint density at radius 1 is 1.31 bits per heavy atom. The minimum atomic E-state index is 1.01. The lowest BCUT2D eigenvalue weighted by Gasteiger charge is -1.99. The molecular formula is C12H17N. The summed E-state index contributed by atoms with van der Waals surface area (Å²) in [5.41, 5.74) is 3.91. The van der Waals surface area contributed by atoms with E-state index in [9.17, 15) is 0 Å². The zero-order chi connectivity index (χ0) is 9.68. The fourth-order valence-electron chi connectivity index (χ4n) is 1.36. The van der Waals surface area contributed by atoms with Crippen molar-refractivity contribution < 1.29 is 0 Å². The quantitative estimate of drug-likeness (QED) is 0.619. The van der Waals surface area contributed by atoms with Crippen LogP contribution in [-0.2, 0) is 12.8 Å². The van der Waals surface area contributed by atoms with Crippen LogP contribution in [0.25, 0.3) is 0 Å². The van der Waals surface area contributed by atoms with Gasteiger partial charge in [0.1, 0.15) is 0 Å². The Morgan fingerprint density at radius 2 is 2.08 bits per heavy atom. The zero-order valence-corrected chi connectivity index (χ0v) is 8.67. The highest BCUT2D eigenvalue weighted by atomic mass is 14.7. The molecule has 1 aliphatic heterocycles. The van der Waals surface area contributed by atoms with Gasteiger partial charge in [0.2, 0.25) is 0 Å². The van der Waals surface area contributed by atoms with E-state index in [1.165, 1.54) is 16.8 Å². The number of hydrogen-bond donors (Lipinski definition) is 0. The Kier molecular flexibility index (Phi) is 3.69. The maximum absolute atomic E-state index is 4.28. The van der Waals surface area contributed by atoms with Gasteiger partial charge in [-0.05, 0) is 23.6 Å². The normalized spacial score (nSPS) is 11.9. The molecule has 70 valence electrons. The Bertz CT molecular complexity index is 300. The second-order valence-electron chi connectivity index (χ2n) is 2.83. The van der Waals surface area contributed by atoms with Gasteiger partial charge < -0.3 is 0 Å². The molecule has 0 saturated carbocycles. The van der Waals surface area contributed by atoms with Crippen LogP contribution in [0, 0.1) is 0 Å². The topological polar surface area (TPSA) is 12.4 Å². The van der Waals surface area contributed by atoms with Crippen LogP contribution < -0.4 is 0 Å². The van der Waals surface area contributed by atoms with E-state index in [0.717, 1.165) is 12.8 Å². The monoisotopic (exact) mass is 175 g/mol. The summed E-state index contributed by atoms with van der Waals surface area (Å²) in [7, 11) is 0. The van der Waals surface area contributed by atoms with Crippen LogP contribution in [0.2, 0.25) is 0 Å². The Morgan fingerprint density at radius 3 is 2.77 bits per heavy atom. The van der Waals surface area contributed by atoms with Gasteiger partial charge in [-0.15, -0.1) is 0 Å². The molecule has 13 heavy (non-hydrogen) atoms. The molecule has 0 radical (unpaired) electrons. The van der Waals surface area contributed by atoms with Crippen LogP contribution in [0.3, 0.4) is 0 Å². The van der Waals surface area contributed by atoms with Crippen LogP contribution in [0.15, 0.2) is 23.2 Å². The standard InChI is InChI=1S/C10H11N.C2H6/c1-2-8-3-4-9-5-6-11-10(9)7-8;1-2/h3-4,6-7H,2,5H2,1H3;1-2H3. The van der Waals surface area contributed by atoms with Gasteiger partial charge in [-0.2, -0.15) is 0 Å². The van der Waals surface area contributed by atoms with Gasteiger partial charge in [0.15, 0.2) is 0 Å². The molecule has 0 bridgehead atoms. The molecule has 0 unspecified atom stereocenters.